The van der Waals surface area contributed by atoms with Gasteiger partial charge in [-0.05, 0) is 204 Å². The van der Waals surface area contributed by atoms with Gasteiger partial charge in [0.25, 0.3) is 35.4 Å². The van der Waals surface area contributed by atoms with Gasteiger partial charge in [0.2, 0.25) is 5.91 Å². The molecular weight excluding hydrogens is 1950 g/mol. The van der Waals surface area contributed by atoms with Crippen LogP contribution in [0.15, 0.2) is 243 Å². The maximum absolute atomic E-state index is 15.0. The van der Waals surface area contributed by atoms with Gasteiger partial charge in [0.15, 0.2) is 0 Å². The fraction of sp³-hybridized carbons (Fsp3) is 0.182. The van der Waals surface area contributed by atoms with E-state index < -0.39 is 52.6 Å². The minimum atomic E-state index is -0.743. The first-order valence-electron chi connectivity index (χ1n) is 47.3. The van der Waals surface area contributed by atoms with Crippen LogP contribution in [0.25, 0.3) is 133 Å². The predicted octanol–water partition coefficient (Wildman–Crippen LogP) is 18.8. The average Bonchev–Trinajstić information content (AvgIpc) is 1.64. The molecule has 0 radical (unpaired) electrons. The molecule has 764 valence electrons. The normalized spacial score (nSPS) is 12.4. The number of pyridine rings is 1. The molecule has 22 rings (SSSR count). The molecular formula is C110H96F9N21O10. The monoisotopic (exact) mass is 2040 g/mol. The summed E-state index contributed by atoms with van der Waals surface area (Å²) >= 11 is 0. The second-order valence-electron chi connectivity index (χ2n) is 35.4. The number of hydrogen-bond donors (Lipinski definition) is 13. The Kier molecular flexibility index (Phi) is 31.8. The highest BCUT2D eigenvalue weighted by Gasteiger charge is 2.32. The molecule has 7 amide bonds. The zero-order chi connectivity index (χ0) is 106. The van der Waals surface area contributed by atoms with E-state index in [1.807, 2.05) is 31.1 Å². The van der Waals surface area contributed by atoms with E-state index in [2.05, 4.69) is 103 Å². The molecule has 0 saturated heterocycles. The number of rotatable bonds is 26. The summed E-state index contributed by atoms with van der Waals surface area (Å²) in [6, 6.07) is 59.4. The molecule has 7 heterocycles. The van der Waals surface area contributed by atoms with Crippen LogP contribution in [0.1, 0.15) is 113 Å². The third-order valence-corrected chi connectivity index (χ3v) is 24.3. The smallest absolute Gasteiger partial charge is 0.255 e. The van der Waals surface area contributed by atoms with E-state index >= 15 is 0 Å². The van der Waals surface area contributed by atoms with Gasteiger partial charge < -0.3 is 56.3 Å². The topological polar surface area (TPSA) is 420 Å². The zero-order valence-corrected chi connectivity index (χ0v) is 81.2. The highest BCUT2D eigenvalue weighted by molar-refractivity contribution is 6.11. The first-order chi connectivity index (χ1) is 72.6. The van der Waals surface area contributed by atoms with E-state index in [0.717, 1.165) is 60.5 Å². The number of methoxy groups -OCH3 is 3. The van der Waals surface area contributed by atoms with Crippen LogP contribution in [-0.2, 0) is 11.3 Å². The van der Waals surface area contributed by atoms with Crippen molar-refractivity contribution in [3.05, 3.63) is 334 Å². The number of H-pyrrole nitrogens is 6. The van der Waals surface area contributed by atoms with Crippen LogP contribution in [0.4, 0.5) is 39.5 Å². The first kappa shape index (κ1) is 103. The number of benzene rings is 12. The van der Waals surface area contributed by atoms with Crippen LogP contribution in [0.5, 0.6) is 17.2 Å². The Morgan fingerprint density at radius 1 is 0.340 bits per heavy atom. The van der Waals surface area contributed by atoms with Crippen molar-refractivity contribution < 1.29 is 87.3 Å². The molecule has 0 aliphatic heterocycles. The van der Waals surface area contributed by atoms with Gasteiger partial charge in [-0.25, -0.2) is 39.5 Å². The highest BCUT2D eigenvalue weighted by Crippen LogP contribution is 2.42. The summed E-state index contributed by atoms with van der Waals surface area (Å²) in [5.74, 6) is -5.48. The number of carbonyl (C=O) groups is 7. The Morgan fingerprint density at radius 3 is 1.12 bits per heavy atom. The molecule has 13 N–H and O–H groups in total. The van der Waals surface area contributed by atoms with E-state index in [4.69, 9.17) is 14.2 Å². The predicted molar refractivity (Wildman–Crippen MR) is 547 cm³/mol. The summed E-state index contributed by atoms with van der Waals surface area (Å²) in [7, 11) is 8.31. The number of ether oxygens (including phenoxy) is 3. The van der Waals surface area contributed by atoms with Crippen molar-refractivity contribution in [2.45, 2.75) is 70.1 Å². The van der Waals surface area contributed by atoms with E-state index in [0.29, 0.717) is 137 Å². The summed E-state index contributed by atoms with van der Waals surface area (Å²) in [5, 5.41) is 63.8. The number of amides is 7. The molecule has 0 bridgehead atoms. The quantitative estimate of drug-likeness (QED) is 0.0177. The molecule has 3 aliphatic carbocycles. The number of hydrogen-bond acceptors (Lipinski definition) is 18. The number of carbonyl (C=O) groups excluding carboxylic acids is 7. The lowest BCUT2D eigenvalue weighted by Gasteiger charge is -2.11. The van der Waals surface area contributed by atoms with E-state index in [1.165, 1.54) is 144 Å². The average molecular weight is 2040 g/mol. The number of aromatic amines is 6. The largest absolute Gasteiger partial charge is 0.496 e. The lowest BCUT2D eigenvalue weighted by Crippen LogP contribution is -2.34. The van der Waals surface area contributed by atoms with E-state index in [-0.39, 0.29) is 122 Å². The zero-order valence-electron chi connectivity index (χ0n) is 81.2. The van der Waals surface area contributed by atoms with Crippen LogP contribution in [0, 0.1) is 52.4 Å². The fourth-order valence-electron chi connectivity index (χ4n) is 16.4. The van der Waals surface area contributed by atoms with Gasteiger partial charge in [-0.1, -0.05) is 78.9 Å². The van der Waals surface area contributed by atoms with Gasteiger partial charge in [0, 0.05) is 115 Å². The highest BCUT2D eigenvalue weighted by atomic mass is 19.2. The molecule has 7 aromatic heterocycles. The Labute approximate surface area is 848 Å². The molecule has 31 nitrogen and oxygen atoms in total. The number of likely N-dealkylation sites (N-methyl/N-ethyl adjacent to an activating group) is 1. The Balaban J connectivity index is 0.000000123. The second-order valence-corrected chi connectivity index (χ2v) is 35.4. The van der Waals surface area contributed by atoms with Crippen molar-refractivity contribution in [1.29, 1.82) is 0 Å². The standard InChI is InChI=1S/C21H17FN4O2.C18H16F2N4O2.C18H18F2N4O.2C18H16FN3O2.C17H13F2N3O/c1-28-20-16(21(27)24-12-13-4-3-9-23-11-13)7-8-17-18(20)19(26-25-17)14-5-2-6-15(22)10-14;1-10(25)21-7-8-22-18(26)13-5-6-14-15(16(13)20)17(24-23-14)11-3-2-4-12(19)9-11;1-24(2)9-8-21-18(25)13-6-7-14-15(16(13)20)17(23-22-14)11-4-3-5-12(19)10-11;1-24-16-9-15-13(8-14(16)18(23)20-12-5-6-12)17(22-21-15)10-3-2-4-11(19)7-10;1-24-17-13(18(23)20-12-5-6-12)7-8-14-15(17)16(22-21-14)10-3-2-4-11(19)9-10;18-10-3-1-2-9(8-10)16-14-13(21-22-16)7-6-12(15(14)19)17(23)20-11-4-5-11/h2-11H,12H2,1H3,(H,24,27)(H,25,26);2-6,9H,7-8H2,1H3,(H,21,25)(H,22,26)(H,23,24);3-7,10H,8-9H2,1-2H3,(H,21,25)(H,22,23);2*2-4,7-9,12H,5-6H2,1H3,(H,20,23)(H,21,22);1-3,6-8,11H,4-5H2,(H,20,23)(H,21,22). The second kappa shape index (κ2) is 46.3. The minimum Gasteiger partial charge on any atom is -0.496 e. The molecule has 3 fully saturated rings. The summed E-state index contributed by atoms with van der Waals surface area (Å²) in [5.41, 5.74) is 11.1. The van der Waals surface area contributed by atoms with Crippen LogP contribution >= 0.6 is 0 Å². The third-order valence-electron chi connectivity index (χ3n) is 24.3. The number of aromatic nitrogens is 13. The molecule has 12 aromatic carbocycles. The van der Waals surface area contributed by atoms with Gasteiger partial charge in [0.1, 0.15) is 98.1 Å². The van der Waals surface area contributed by atoms with Gasteiger partial charge >= 0.3 is 0 Å². The van der Waals surface area contributed by atoms with Crippen molar-refractivity contribution in [2.75, 3.05) is 61.6 Å². The van der Waals surface area contributed by atoms with Crippen molar-refractivity contribution in [3.63, 3.8) is 0 Å². The lowest BCUT2D eigenvalue weighted by molar-refractivity contribution is -0.118. The molecule has 150 heavy (non-hydrogen) atoms. The molecule has 3 saturated carbocycles. The SMILES string of the molecule is CC(=O)NCCNC(=O)c1ccc2[nH]nc(-c3cccc(F)c3)c2c1F.CN(C)CCNC(=O)c1ccc2[nH]nc(-c3cccc(F)c3)c2c1F.COc1c(C(=O)NC2CC2)ccc2[nH]nc(-c3cccc(F)c3)c12.COc1c(C(=O)NCc2cccnc2)ccc2n[nH]c(-c3cccc(F)c3)c12.COc1cc2[nH]nc(-c3cccc(F)c3)c2cc1C(=O)NC1CC1.O=C(NC1CC1)c1ccc2[nH]nc(-c3cccc(F)c3)c2c1F. The van der Waals surface area contributed by atoms with Crippen molar-refractivity contribution in [1.82, 2.24) is 108 Å². The van der Waals surface area contributed by atoms with Crippen molar-refractivity contribution in [3.8, 4) is 84.8 Å². The number of nitrogens with zero attached hydrogens (tertiary/aromatic N) is 8. The summed E-state index contributed by atoms with van der Waals surface area (Å²) < 4.78 is 142. The van der Waals surface area contributed by atoms with Crippen LogP contribution in [0.3, 0.4) is 0 Å². The van der Waals surface area contributed by atoms with Crippen molar-refractivity contribution >= 4 is 107 Å². The van der Waals surface area contributed by atoms with Gasteiger partial charge in [-0.15, -0.1) is 0 Å². The van der Waals surface area contributed by atoms with Crippen LogP contribution in [0.2, 0.25) is 0 Å². The Hall–Kier alpha value is -18.4. The Morgan fingerprint density at radius 2 is 0.700 bits per heavy atom. The summed E-state index contributed by atoms with van der Waals surface area (Å²) in [6.07, 6.45) is 9.26. The minimum absolute atomic E-state index is 0.0246. The fourth-order valence-corrected chi connectivity index (χ4v) is 16.4. The van der Waals surface area contributed by atoms with Gasteiger partial charge in [-0.2, -0.15) is 30.6 Å². The molecule has 0 atom stereocenters. The number of nitrogens with one attached hydrogen (secondary N) is 13. The third kappa shape index (κ3) is 24.2. The maximum Gasteiger partial charge on any atom is 0.255 e. The Bertz CT molecular complexity index is 8260. The number of fused-ring (bicyclic) bond motifs is 6. The first-order valence-corrected chi connectivity index (χ1v) is 47.3. The molecule has 40 heteroatoms. The van der Waals surface area contributed by atoms with Crippen molar-refractivity contribution in [2.24, 2.45) is 0 Å². The maximum atomic E-state index is 15.0. The lowest BCUT2D eigenvalue weighted by atomic mass is 10.0. The summed E-state index contributed by atoms with van der Waals surface area (Å²) in [6.45, 7) is 3.17. The number of halogens is 9. The van der Waals surface area contributed by atoms with E-state index in [9.17, 15) is 73.1 Å². The van der Waals surface area contributed by atoms with Gasteiger partial charge in [-0.3, -0.25) is 69.1 Å². The summed E-state index contributed by atoms with van der Waals surface area (Å²) in [4.78, 5) is 91.1. The molecule has 3 aliphatic rings. The molecule has 0 unspecified atom stereocenters. The van der Waals surface area contributed by atoms with Crippen LogP contribution < -0.4 is 51.4 Å². The molecule has 19 aromatic rings. The van der Waals surface area contributed by atoms with Gasteiger partial charge in [0.05, 0.1) is 120 Å². The van der Waals surface area contributed by atoms with E-state index in [1.54, 1.807) is 116 Å². The van der Waals surface area contributed by atoms with Crippen LogP contribution in [-0.4, -0.2) is 192 Å². The molecule has 0 spiro atoms.